The van der Waals surface area contributed by atoms with Crippen molar-refractivity contribution in [2.24, 2.45) is 0 Å². The molecular formula is C19H33N6O7P. The third-order valence-electron chi connectivity index (χ3n) is 6.01. The second kappa shape index (κ2) is 9.06. The molecule has 3 rings (SSSR count). The molecule has 5 atom stereocenters. The first-order chi connectivity index (χ1) is 15.3. The summed E-state index contributed by atoms with van der Waals surface area (Å²) in [6, 6.07) is 0. The van der Waals surface area contributed by atoms with Crippen LogP contribution < -0.4 is 11.1 Å². The van der Waals surface area contributed by atoms with E-state index in [0.717, 1.165) is 0 Å². The van der Waals surface area contributed by atoms with Crippen molar-refractivity contribution in [3.8, 4) is 0 Å². The highest BCUT2D eigenvalue weighted by Crippen LogP contribution is 2.60. The number of aliphatic hydroxyl groups excluding tert-OH is 2. The summed E-state index contributed by atoms with van der Waals surface area (Å²) in [5, 5.41) is 32.8. The number of anilines is 2. The first-order valence-electron chi connectivity index (χ1n) is 10.7. The fraction of sp³-hybridized carbons (Fsp3) is 0.737. The maximum Gasteiger partial charge on any atom is 0.359 e. The Bertz CT molecular complexity index is 1040. The average Bonchev–Trinajstić information content (AvgIpc) is 3.27. The first kappa shape index (κ1) is 25.8. The van der Waals surface area contributed by atoms with Crippen molar-refractivity contribution in [2.45, 2.75) is 82.4 Å². The highest BCUT2D eigenvalue weighted by atomic mass is 31.2. The molecule has 2 aromatic heterocycles. The van der Waals surface area contributed by atoms with Gasteiger partial charge in [-0.2, -0.15) is 9.97 Å². The van der Waals surface area contributed by atoms with E-state index in [1.165, 1.54) is 10.9 Å². The Morgan fingerprint density at radius 1 is 1.27 bits per heavy atom. The molecule has 0 aliphatic carbocycles. The van der Waals surface area contributed by atoms with Gasteiger partial charge in [0.05, 0.1) is 18.0 Å². The summed E-state index contributed by atoms with van der Waals surface area (Å²) in [6.45, 7) is 6.30. The van der Waals surface area contributed by atoms with Crippen LogP contribution in [0.15, 0.2) is 6.33 Å². The summed E-state index contributed by atoms with van der Waals surface area (Å²) in [5.41, 5.74) is 5.21. The topological polar surface area (TPSA) is 198 Å². The number of nitrogens with zero attached hydrogens (tertiary/aromatic N) is 4. The van der Waals surface area contributed by atoms with E-state index >= 15 is 0 Å². The summed E-state index contributed by atoms with van der Waals surface area (Å²) in [4.78, 5) is 22.9. The molecule has 2 aromatic rings. The SMILES string of the molecule is CCC(O)(CC)P(=O)(O)OC(C)(C)C[C@H]1O[C@@H](n2cnc3c(NC)nc(N)nc32)[C@H](O)[C@@H]1O. The summed E-state index contributed by atoms with van der Waals surface area (Å²) in [6.07, 6.45) is -3.25. The van der Waals surface area contributed by atoms with Gasteiger partial charge in [0.2, 0.25) is 5.95 Å². The fourth-order valence-corrected chi connectivity index (χ4v) is 5.73. The summed E-state index contributed by atoms with van der Waals surface area (Å²) in [7, 11) is -2.78. The Hall–Kier alpha value is -1.86. The van der Waals surface area contributed by atoms with E-state index in [1.54, 1.807) is 34.7 Å². The van der Waals surface area contributed by atoms with Gasteiger partial charge in [0.25, 0.3) is 0 Å². The monoisotopic (exact) mass is 488 g/mol. The number of imidazole rings is 1. The molecule has 186 valence electrons. The molecule has 1 aliphatic rings. The van der Waals surface area contributed by atoms with Crippen molar-refractivity contribution in [1.82, 2.24) is 19.5 Å². The van der Waals surface area contributed by atoms with Crippen molar-refractivity contribution in [1.29, 1.82) is 0 Å². The molecule has 0 bridgehead atoms. The third kappa shape index (κ3) is 4.72. The number of fused-ring (bicyclic) bond motifs is 1. The van der Waals surface area contributed by atoms with E-state index in [0.29, 0.717) is 17.0 Å². The van der Waals surface area contributed by atoms with Crippen molar-refractivity contribution in [3.63, 3.8) is 0 Å². The van der Waals surface area contributed by atoms with Gasteiger partial charge in [0.1, 0.15) is 12.2 Å². The minimum absolute atomic E-state index is 0.00856. The van der Waals surface area contributed by atoms with Crippen LogP contribution in [-0.2, 0) is 13.8 Å². The number of hydrogen-bond donors (Lipinski definition) is 6. The van der Waals surface area contributed by atoms with E-state index in [4.69, 9.17) is 15.0 Å². The van der Waals surface area contributed by atoms with Crippen LogP contribution in [-0.4, -0.2) is 76.0 Å². The molecule has 13 nitrogen and oxygen atoms in total. The van der Waals surface area contributed by atoms with Gasteiger partial charge >= 0.3 is 7.60 Å². The molecule has 1 saturated heterocycles. The zero-order chi connectivity index (χ0) is 24.8. The molecule has 0 saturated carbocycles. The van der Waals surface area contributed by atoms with E-state index < -0.39 is 43.1 Å². The third-order valence-corrected chi connectivity index (χ3v) is 8.44. The van der Waals surface area contributed by atoms with Gasteiger partial charge in [0.15, 0.2) is 28.6 Å². The predicted octanol–water partition coefficient (Wildman–Crippen LogP) is 0.949. The second-order valence-corrected chi connectivity index (χ2v) is 10.9. The Balaban J connectivity index is 1.83. The minimum atomic E-state index is -4.44. The molecule has 0 spiro atoms. The quantitative estimate of drug-likeness (QED) is 0.274. The zero-order valence-corrected chi connectivity index (χ0v) is 20.2. The van der Waals surface area contributed by atoms with Crippen LogP contribution in [0.1, 0.15) is 53.2 Å². The number of hydrogen-bond acceptors (Lipinski definition) is 11. The van der Waals surface area contributed by atoms with Crippen LogP contribution in [0.25, 0.3) is 11.2 Å². The van der Waals surface area contributed by atoms with Crippen LogP contribution in [0.5, 0.6) is 0 Å². The van der Waals surface area contributed by atoms with Gasteiger partial charge in [-0.25, -0.2) is 4.98 Å². The van der Waals surface area contributed by atoms with Crippen molar-refractivity contribution < 1.29 is 34.0 Å². The summed E-state index contributed by atoms with van der Waals surface area (Å²) < 4.78 is 25.7. The maximum atomic E-state index is 12.8. The van der Waals surface area contributed by atoms with Crippen LogP contribution in [0.3, 0.4) is 0 Å². The molecular weight excluding hydrogens is 455 g/mol. The molecule has 33 heavy (non-hydrogen) atoms. The molecule has 0 aromatic carbocycles. The molecule has 1 aliphatic heterocycles. The second-order valence-electron chi connectivity index (χ2n) is 8.82. The Morgan fingerprint density at radius 3 is 2.48 bits per heavy atom. The number of nitrogens with one attached hydrogen (secondary N) is 1. The number of aliphatic hydroxyl groups is 3. The number of nitrogens with two attached hydrogens (primary N) is 1. The van der Waals surface area contributed by atoms with Gasteiger partial charge < -0.3 is 40.5 Å². The molecule has 3 heterocycles. The standard InChI is InChI=1S/C19H33N6O7P/c1-6-19(28,7-2)33(29,30)32-18(3,4)8-10-12(26)13(27)16(31-10)25-9-22-11-14(21-5)23-17(20)24-15(11)25/h9-10,12-13,16,26-28H,6-8H2,1-5H3,(H,29,30)(H3,20,21,23,24)/t10-,12-,13-,16-/m1/s1. The lowest BCUT2D eigenvalue weighted by atomic mass is 9.97. The summed E-state index contributed by atoms with van der Waals surface area (Å²) >= 11 is 0. The Kier molecular flexibility index (Phi) is 7.07. The average molecular weight is 488 g/mol. The summed E-state index contributed by atoms with van der Waals surface area (Å²) in [5.74, 6) is 0.388. The number of ether oxygens (including phenoxy) is 1. The van der Waals surface area contributed by atoms with E-state index in [2.05, 4.69) is 20.3 Å². The predicted molar refractivity (Wildman–Crippen MR) is 120 cm³/mol. The van der Waals surface area contributed by atoms with Crippen LogP contribution in [0, 0.1) is 0 Å². The number of rotatable bonds is 9. The van der Waals surface area contributed by atoms with E-state index in [-0.39, 0.29) is 25.2 Å². The van der Waals surface area contributed by atoms with Crippen LogP contribution in [0.4, 0.5) is 11.8 Å². The molecule has 0 radical (unpaired) electrons. The Labute approximate surface area is 191 Å². The van der Waals surface area contributed by atoms with Gasteiger partial charge in [-0.05, 0) is 26.7 Å². The molecule has 1 unspecified atom stereocenters. The van der Waals surface area contributed by atoms with Crippen molar-refractivity contribution in [3.05, 3.63) is 6.33 Å². The minimum Gasteiger partial charge on any atom is -0.388 e. The Morgan fingerprint density at radius 2 is 1.91 bits per heavy atom. The maximum absolute atomic E-state index is 12.8. The fourth-order valence-electron chi connectivity index (χ4n) is 4.01. The molecule has 1 fully saturated rings. The first-order valence-corrected chi connectivity index (χ1v) is 12.3. The van der Waals surface area contributed by atoms with E-state index in [9.17, 15) is 24.8 Å². The van der Waals surface area contributed by atoms with E-state index in [1.807, 2.05) is 0 Å². The van der Waals surface area contributed by atoms with Gasteiger partial charge in [-0.15, -0.1) is 0 Å². The lowest BCUT2D eigenvalue weighted by Gasteiger charge is -2.37. The smallest absolute Gasteiger partial charge is 0.359 e. The number of nitrogen functional groups attached to an aromatic ring is 1. The van der Waals surface area contributed by atoms with Crippen LogP contribution >= 0.6 is 7.60 Å². The molecule has 14 heteroatoms. The van der Waals surface area contributed by atoms with Crippen molar-refractivity contribution >= 4 is 30.5 Å². The van der Waals surface area contributed by atoms with Crippen LogP contribution in [0.2, 0.25) is 0 Å². The highest BCUT2D eigenvalue weighted by molar-refractivity contribution is 7.54. The van der Waals surface area contributed by atoms with Crippen molar-refractivity contribution in [2.75, 3.05) is 18.1 Å². The van der Waals surface area contributed by atoms with Gasteiger partial charge in [-0.3, -0.25) is 9.13 Å². The molecule has 7 N–H and O–H groups in total. The normalized spacial score (nSPS) is 26.0. The highest BCUT2D eigenvalue weighted by Gasteiger charge is 2.51. The number of aromatic nitrogens is 4. The zero-order valence-electron chi connectivity index (χ0n) is 19.3. The lowest BCUT2D eigenvalue weighted by Crippen LogP contribution is -2.39. The largest absolute Gasteiger partial charge is 0.388 e. The van der Waals surface area contributed by atoms with Gasteiger partial charge in [-0.1, -0.05) is 13.8 Å². The molecule has 0 amide bonds. The lowest BCUT2D eigenvalue weighted by molar-refractivity contribution is -0.0642. The van der Waals surface area contributed by atoms with Gasteiger partial charge in [0, 0.05) is 13.5 Å².